The second kappa shape index (κ2) is 13.4. The molecule has 0 spiro atoms. The Morgan fingerprint density at radius 1 is 0.808 bits per heavy atom. The Kier molecular flexibility index (Phi) is 11.9. The first kappa shape index (κ1) is 23.1. The van der Waals surface area contributed by atoms with Gasteiger partial charge in [-0.15, -0.1) is 0 Å². The van der Waals surface area contributed by atoms with Crippen molar-refractivity contribution in [3.63, 3.8) is 0 Å². The van der Waals surface area contributed by atoms with Crippen molar-refractivity contribution in [1.29, 1.82) is 0 Å². The predicted octanol–water partition coefficient (Wildman–Crippen LogP) is 5.50. The number of hydrogen-bond donors (Lipinski definition) is 1. The number of hydrogen-bond acceptors (Lipinski definition) is 2. The zero-order chi connectivity index (χ0) is 19.9. The Hall–Kier alpha value is -2.94. The highest BCUT2D eigenvalue weighted by molar-refractivity contribution is 6.28. The van der Waals surface area contributed by atoms with Gasteiger partial charge < -0.3 is 0 Å². The summed E-state index contributed by atoms with van der Waals surface area (Å²) in [5, 5.41) is 2.35. The molecule has 2 rings (SSSR count). The number of imide groups is 1. The Morgan fingerprint density at radius 3 is 1.73 bits per heavy atom. The van der Waals surface area contributed by atoms with Crippen molar-refractivity contribution in [2.45, 2.75) is 34.6 Å². The molecule has 0 fully saturated rings. The average molecular weight is 351 g/mol. The largest absolute Gasteiger partial charge is 0.288 e. The van der Waals surface area contributed by atoms with Crippen LogP contribution in [0.3, 0.4) is 0 Å². The molecular weight excluding hydrogens is 322 g/mol. The van der Waals surface area contributed by atoms with E-state index in [0.717, 1.165) is 11.1 Å². The highest BCUT2D eigenvalue weighted by atomic mass is 16.2. The molecule has 2 aromatic carbocycles. The molecule has 0 aliphatic heterocycles. The van der Waals surface area contributed by atoms with Gasteiger partial charge in [0.05, 0.1) is 0 Å². The Balaban J connectivity index is 0.00000146. The number of benzene rings is 2. The first-order chi connectivity index (χ1) is 12.6. The van der Waals surface area contributed by atoms with E-state index in [-0.39, 0.29) is 0 Å². The van der Waals surface area contributed by atoms with Crippen LogP contribution in [-0.2, 0) is 9.59 Å². The molecule has 0 heterocycles. The van der Waals surface area contributed by atoms with Crippen molar-refractivity contribution in [2.75, 3.05) is 0 Å². The average Bonchev–Trinajstić information content (AvgIpc) is 2.70. The molecule has 0 aliphatic carbocycles. The maximum absolute atomic E-state index is 12.4. The molecule has 0 aliphatic rings. The summed E-state index contributed by atoms with van der Waals surface area (Å²) >= 11 is 0. The summed E-state index contributed by atoms with van der Waals surface area (Å²) in [6.45, 7) is 13.1. The van der Waals surface area contributed by atoms with Crippen LogP contribution >= 0.6 is 0 Å². The van der Waals surface area contributed by atoms with Crippen LogP contribution in [0, 0.1) is 0 Å². The Bertz CT molecular complexity index is 716. The fraction of sp³-hybridized carbons (Fsp3) is 0.217. The predicted molar refractivity (Wildman–Crippen MR) is 111 cm³/mol. The molecule has 3 nitrogen and oxygen atoms in total. The van der Waals surface area contributed by atoms with Crippen molar-refractivity contribution in [1.82, 2.24) is 5.32 Å². The summed E-state index contributed by atoms with van der Waals surface area (Å²) in [6, 6.07) is 18.7. The number of carbonyl (C=O) groups excluding carboxylic acids is 2. The SMILES string of the molecule is C=C(C)C(=O)NC(=O)C(=Cc1ccccc1)c1ccccc1.CC.CC. The standard InChI is InChI=1S/C19H17NO2.2C2H6/c1-14(2)18(21)20-19(22)17(16-11-7-4-8-12-16)13-15-9-5-3-6-10-15;2*1-2/h3-13H,1H2,2H3,(H,20,21,22);2*1-2H3. The summed E-state index contributed by atoms with van der Waals surface area (Å²) in [5.41, 5.74) is 2.36. The molecule has 2 aromatic rings. The van der Waals surface area contributed by atoms with Crippen LogP contribution in [0.5, 0.6) is 0 Å². The van der Waals surface area contributed by atoms with Gasteiger partial charge in [-0.05, 0) is 24.1 Å². The molecule has 0 unspecified atom stereocenters. The van der Waals surface area contributed by atoms with Crippen molar-refractivity contribution in [2.24, 2.45) is 0 Å². The monoisotopic (exact) mass is 351 g/mol. The molecule has 0 bridgehead atoms. The molecular formula is C23H29NO2. The highest BCUT2D eigenvalue weighted by Crippen LogP contribution is 2.18. The van der Waals surface area contributed by atoms with Crippen LogP contribution in [-0.4, -0.2) is 11.8 Å². The fourth-order valence-corrected chi connectivity index (χ4v) is 1.89. The van der Waals surface area contributed by atoms with Gasteiger partial charge in [0.1, 0.15) is 0 Å². The molecule has 0 saturated carbocycles. The van der Waals surface area contributed by atoms with Crippen LogP contribution in [0.4, 0.5) is 0 Å². The van der Waals surface area contributed by atoms with Crippen LogP contribution in [0.2, 0.25) is 0 Å². The van der Waals surface area contributed by atoms with E-state index >= 15 is 0 Å². The second-order valence-electron chi connectivity index (χ2n) is 4.90. The minimum absolute atomic E-state index is 0.292. The Labute approximate surface area is 157 Å². The molecule has 1 N–H and O–H groups in total. The van der Waals surface area contributed by atoms with E-state index in [1.807, 2.05) is 88.4 Å². The number of nitrogens with one attached hydrogen (secondary N) is 1. The van der Waals surface area contributed by atoms with Crippen molar-refractivity contribution in [3.05, 3.63) is 83.9 Å². The van der Waals surface area contributed by atoms with E-state index in [0.29, 0.717) is 11.1 Å². The van der Waals surface area contributed by atoms with E-state index in [9.17, 15) is 9.59 Å². The zero-order valence-electron chi connectivity index (χ0n) is 16.4. The van der Waals surface area contributed by atoms with Gasteiger partial charge in [-0.1, -0.05) is 94.9 Å². The van der Waals surface area contributed by atoms with Gasteiger partial charge in [0.2, 0.25) is 0 Å². The summed E-state index contributed by atoms with van der Waals surface area (Å²) in [7, 11) is 0. The maximum atomic E-state index is 12.4. The summed E-state index contributed by atoms with van der Waals surface area (Å²) in [6.07, 6.45) is 1.76. The third-order valence-corrected chi connectivity index (χ3v) is 3.05. The first-order valence-electron chi connectivity index (χ1n) is 8.91. The quantitative estimate of drug-likeness (QED) is 0.584. The van der Waals surface area contributed by atoms with Crippen LogP contribution in [0.15, 0.2) is 72.8 Å². The molecule has 0 atom stereocenters. The lowest BCUT2D eigenvalue weighted by molar-refractivity contribution is -0.125. The van der Waals surface area contributed by atoms with E-state index in [2.05, 4.69) is 11.9 Å². The third-order valence-electron chi connectivity index (χ3n) is 3.05. The molecule has 0 aromatic heterocycles. The van der Waals surface area contributed by atoms with Crippen molar-refractivity contribution in [3.8, 4) is 0 Å². The van der Waals surface area contributed by atoms with Gasteiger partial charge in [-0.25, -0.2) is 0 Å². The van der Waals surface area contributed by atoms with Crippen molar-refractivity contribution >= 4 is 23.5 Å². The van der Waals surface area contributed by atoms with Gasteiger partial charge in [0.15, 0.2) is 0 Å². The molecule has 26 heavy (non-hydrogen) atoms. The number of amides is 2. The van der Waals surface area contributed by atoms with Gasteiger partial charge in [0, 0.05) is 11.1 Å². The highest BCUT2D eigenvalue weighted by Gasteiger charge is 2.15. The lowest BCUT2D eigenvalue weighted by Crippen LogP contribution is -2.31. The van der Waals surface area contributed by atoms with Crippen molar-refractivity contribution < 1.29 is 9.59 Å². The van der Waals surface area contributed by atoms with Crippen LogP contribution < -0.4 is 5.32 Å². The smallest absolute Gasteiger partial charge is 0.258 e. The number of rotatable bonds is 4. The van der Waals surface area contributed by atoms with E-state index in [1.165, 1.54) is 0 Å². The zero-order valence-corrected chi connectivity index (χ0v) is 16.4. The number of carbonyl (C=O) groups is 2. The fourth-order valence-electron chi connectivity index (χ4n) is 1.89. The minimum Gasteiger partial charge on any atom is -0.288 e. The summed E-state index contributed by atoms with van der Waals surface area (Å²) in [5.74, 6) is -0.914. The molecule has 3 heteroatoms. The minimum atomic E-state index is -0.472. The lowest BCUT2D eigenvalue weighted by atomic mass is 10.0. The van der Waals surface area contributed by atoms with Crippen LogP contribution in [0.25, 0.3) is 11.6 Å². The molecule has 0 radical (unpaired) electrons. The summed E-state index contributed by atoms with van der Waals surface area (Å²) in [4.78, 5) is 24.1. The van der Waals surface area contributed by atoms with Crippen LogP contribution in [0.1, 0.15) is 45.7 Å². The van der Waals surface area contributed by atoms with Gasteiger partial charge in [0.25, 0.3) is 11.8 Å². The molecule has 2 amide bonds. The van der Waals surface area contributed by atoms with E-state index < -0.39 is 11.8 Å². The van der Waals surface area contributed by atoms with Gasteiger partial charge >= 0.3 is 0 Å². The second-order valence-corrected chi connectivity index (χ2v) is 4.90. The molecule has 138 valence electrons. The lowest BCUT2D eigenvalue weighted by Gasteiger charge is -2.09. The third kappa shape index (κ3) is 7.75. The van der Waals surface area contributed by atoms with Gasteiger partial charge in [-0.2, -0.15) is 0 Å². The van der Waals surface area contributed by atoms with E-state index in [4.69, 9.17) is 0 Å². The van der Waals surface area contributed by atoms with E-state index in [1.54, 1.807) is 13.0 Å². The Morgan fingerprint density at radius 2 is 1.27 bits per heavy atom. The molecule has 0 saturated heterocycles. The topological polar surface area (TPSA) is 46.2 Å². The normalized spacial score (nSPS) is 9.65. The maximum Gasteiger partial charge on any atom is 0.258 e. The summed E-state index contributed by atoms with van der Waals surface area (Å²) < 4.78 is 0. The first-order valence-corrected chi connectivity index (χ1v) is 8.91. The van der Waals surface area contributed by atoms with Gasteiger partial charge in [-0.3, -0.25) is 14.9 Å².